The van der Waals surface area contributed by atoms with Gasteiger partial charge in [-0.15, -0.1) is 0 Å². The Balaban J connectivity index is 2.37. The normalized spacial score (nSPS) is 10.0. The Morgan fingerprint density at radius 2 is 1.80 bits per heavy atom. The number of benzene rings is 1. The maximum atomic E-state index is 5.09. The Labute approximate surface area is 88.8 Å². The maximum Gasteiger partial charge on any atom is 0.159 e. The Bertz CT molecular complexity index is 451. The molecular formula is C12H12N2O. The number of rotatable bonds is 2. The molecule has 0 aliphatic rings. The Morgan fingerprint density at radius 3 is 2.40 bits per heavy atom. The summed E-state index contributed by atoms with van der Waals surface area (Å²) in [5, 5.41) is 0. The zero-order valence-corrected chi connectivity index (χ0v) is 8.77. The van der Waals surface area contributed by atoms with Crippen LogP contribution in [0.5, 0.6) is 5.75 Å². The van der Waals surface area contributed by atoms with Crippen molar-refractivity contribution in [2.24, 2.45) is 0 Å². The standard InChI is InChI=1S/C12H12N2O/c1-9-7-8-13-12(14-9)10-3-5-11(15-2)6-4-10/h3-8H,1-2H3. The molecule has 0 saturated heterocycles. The summed E-state index contributed by atoms with van der Waals surface area (Å²) in [5.74, 6) is 1.59. The number of aromatic nitrogens is 2. The first-order valence-corrected chi connectivity index (χ1v) is 4.73. The molecule has 2 rings (SSSR count). The fraction of sp³-hybridized carbons (Fsp3) is 0.167. The maximum absolute atomic E-state index is 5.09. The van der Waals surface area contributed by atoms with E-state index in [4.69, 9.17) is 4.74 Å². The van der Waals surface area contributed by atoms with Crippen LogP contribution in [-0.4, -0.2) is 17.1 Å². The van der Waals surface area contributed by atoms with Crippen LogP contribution in [-0.2, 0) is 0 Å². The van der Waals surface area contributed by atoms with Crippen molar-refractivity contribution in [1.82, 2.24) is 9.97 Å². The summed E-state index contributed by atoms with van der Waals surface area (Å²) >= 11 is 0. The number of aryl methyl sites for hydroxylation is 1. The van der Waals surface area contributed by atoms with Crippen LogP contribution in [0, 0.1) is 6.92 Å². The van der Waals surface area contributed by atoms with Gasteiger partial charge in [0.25, 0.3) is 0 Å². The third-order valence-electron chi connectivity index (χ3n) is 2.14. The van der Waals surface area contributed by atoms with Crippen molar-refractivity contribution in [2.75, 3.05) is 7.11 Å². The topological polar surface area (TPSA) is 35.0 Å². The Morgan fingerprint density at radius 1 is 1.07 bits per heavy atom. The highest BCUT2D eigenvalue weighted by Gasteiger charge is 2.00. The second-order valence-corrected chi connectivity index (χ2v) is 3.25. The second kappa shape index (κ2) is 4.09. The minimum atomic E-state index is 0.748. The first-order valence-electron chi connectivity index (χ1n) is 4.73. The van der Waals surface area contributed by atoms with Gasteiger partial charge in [-0.1, -0.05) is 0 Å². The van der Waals surface area contributed by atoms with Gasteiger partial charge in [0.2, 0.25) is 0 Å². The monoisotopic (exact) mass is 200 g/mol. The van der Waals surface area contributed by atoms with Crippen LogP contribution in [0.3, 0.4) is 0 Å². The van der Waals surface area contributed by atoms with Crippen LogP contribution in [0.4, 0.5) is 0 Å². The third-order valence-corrected chi connectivity index (χ3v) is 2.14. The van der Waals surface area contributed by atoms with E-state index < -0.39 is 0 Å². The molecule has 0 aliphatic heterocycles. The molecule has 15 heavy (non-hydrogen) atoms. The van der Waals surface area contributed by atoms with E-state index in [0.717, 1.165) is 22.8 Å². The van der Waals surface area contributed by atoms with Crippen molar-refractivity contribution >= 4 is 0 Å². The van der Waals surface area contributed by atoms with Gasteiger partial charge in [-0.2, -0.15) is 0 Å². The van der Waals surface area contributed by atoms with E-state index in [-0.39, 0.29) is 0 Å². The molecule has 76 valence electrons. The van der Waals surface area contributed by atoms with E-state index in [9.17, 15) is 0 Å². The van der Waals surface area contributed by atoms with E-state index in [2.05, 4.69) is 9.97 Å². The van der Waals surface area contributed by atoms with Gasteiger partial charge in [-0.05, 0) is 37.3 Å². The molecular weight excluding hydrogens is 188 g/mol. The van der Waals surface area contributed by atoms with Crippen molar-refractivity contribution in [3.8, 4) is 17.1 Å². The average molecular weight is 200 g/mol. The summed E-state index contributed by atoms with van der Waals surface area (Å²) in [5.41, 5.74) is 1.97. The molecule has 1 aromatic heterocycles. The molecule has 0 radical (unpaired) electrons. The van der Waals surface area contributed by atoms with E-state index in [0.29, 0.717) is 0 Å². The number of methoxy groups -OCH3 is 1. The average Bonchev–Trinajstić information content (AvgIpc) is 2.29. The number of nitrogens with zero attached hydrogens (tertiary/aromatic N) is 2. The first-order chi connectivity index (χ1) is 7.29. The largest absolute Gasteiger partial charge is 0.497 e. The predicted octanol–water partition coefficient (Wildman–Crippen LogP) is 2.46. The molecule has 0 amide bonds. The summed E-state index contributed by atoms with van der Waals surface area (Å²) in [7, 11) is 1.65. The van der Waals surface area contributed by atoms with Crippen LogP contribution in [0.15, 0.2) is 36.5 Å². The van der Waals surface area contributed by atoms with Crippen LogP contribution >= 0.6 is 0 Å². The molecule has 0 unspecified atom stereocenters. The summed E-state index contributed by atoms with van der Waals surface area (Å²) in [6.45, 7) is 1.95. The molecule has 0 spiro atoms. The minimum absolute atomic E-state index is 0.748. The summed E-state index contributed by atoms with van der Waals surface area (Å²) in [6.07, 6.45) is 1.77. The number of hydrogen-bond donors (Lipinski definition) is 0. The predicted molar refractivity (Wildman–Crippen MR) is 58.8 cm³/mol. The third kappa shape index (κ3) is 2.13. The second-order valence-electron chi connectivity index (χ2n) is 3.25. The lowest BCUT2D eigenvalue weighted by Crippen LogP contribution is -1.90. The quantitative estimate of drug-likeness (QED) is 0.747. The first kappa shape index (κ1) is 9.65. The summed E-state index contributed by atoms with van der Waals surface area (Å²) < 4.78 is 5.09. The zero-order chi connectivity index (χ0) is 10.7. The number of ether oxygens (including phenoxy) is 1. The molecule has 0 N–H and O–H groups in total. The van der Waals surface area contributed by atoms with Crippen molar-refractivity contribution in [1.29, 1.82) is 0 Å². The smallest absolute Gasteiger partial charge is 0.159 e. The van der Waals surface area contributed by atoms with Gasteiger partial charge in [-0.25, -0.2) is 9.97 Å². The highest BCUT2D eigenvalue weighted by Crippen LogP contribution is 2.18. The lowest BCUT2D eigenvalue weighted by molar-refractivity contribution is 0.415. The van der Waals surface area contributed by atoms with E-state index in [1.54, 1.807) is 13.3 Å². The van der Waals surface area contributed by atoms with Gasteiger partial charge < -0.3 is 4.74 Å². The van der Waals surface area contributed by atoms with E-state index in [1.807, 2.05) is 37.3 Å². The van der Waals surface area contributed by atoms with Crippen LogP contribution < -0.4 is 4.74 Å². The van der Waals surface area contributed by atoms with Gasteiger partial charge in [-0.3, -0.25) is 0 Å². The van der Waals surface area contributed by atoms with Gasteiger partial charge in [0.1, 0.15) is 5.75 Å². The van der Waals surface area contributed by atoms with Crippen LogP contribution in [0.1, 0.15) is 5.69 Å². The van der Waals surface area contributed by atoms with Gasteiger partial charge in [0.15, 0.2) is 5.82 Å². The molecule has 1 aromatic carbocycles. The van der Waals surface area contributed by atoms with Crippen molar-refractivity contribution in [3.63, 3.8) is 0 Å². The van der Waals surface area contributed by atoms with Gasteiger partial charge in [0, 0.05) is 17.5 Å². The van der Waals surface area contributed by atoms with Crippen LogP contribution in [0.2, 0.25) is 0 Å². The van der Waals surface area contributed by atoms with Crippen LogP contribution in [0.25, 0.3) is 11.4 Å². The van der Waals surface area contributed by atoms with Crippen molar-refractivity contribution in [3.05, 3.63) is 42.2 Å². The summed E-state index contributed by atoms with van der Waals surface area (Å²) in [6, 6.07) is 9.59. The SMILES string of the molecule is COc1ccc(-c2nccc(C)n2)cc1. The van der Waals surface area contributed by atoms with E-state index >= 15 is 0 Å². The van der Waals surface area contributed by atoms with Crippen molar-refractivity contribution < 1.29 is 4.74 Å². The molecule has 3 nitrogen and oxygen atoms in total. The fourth-order valence-electron chi connectivity index (χ4n) is 1.33. The van der Waals surface area contributed by atoms with Crippen molar-refractivity contribution in [2.45, 2.75) is 6.92 Å². The zero-order valence-electron chi connectivity index (χ0n) is 8.77. The molecule has 0 fully saturated rings. The Kier molecular flexibility index (Phi) is 2.63. The molecule has 0 bridgehead atoms. The van der Waals surface area contributed by atoms with E-state index in [1.165, 1.54) is 0 Å². The molecule has 1 heterocycles. The lowest BCUT2D eigenvalue weighted by Gasteiger charge is -2.02. The van der Waals surface area contributed by atoms with Gasteiger partial charge in [0.05, 0.1) is 7.11 Å². The number of hydrogen-bond acceptors (Lipinski definition) is 3. The molecule has 0 aliphatic carbocycles. The molecule has 0 saturated carbocycles. The minimum Gasteiger partial charge on any atom is -0.497 e. The molecule has 0 atom stereocenters. The summed E-state index contributed by atoms with van der Waals surface area (Å²) in [4.78, 5) is 8.56. The molecule has 3 heteroatoms. The highest BCUT2D eigenvalue weighted by molar-refractivity contribution is 5.55. The fourth-order valence-corrected chi connectivity index (χ4v) is 1.33. The highest BCUT2D eigenvalue weighted by atomic mass is 16.5. The Hall–Kier alpha value is -1.90. The van der Waals surface area contributed by atoms with Gasteiger partial charge >= 0.3 is 0 Å². The molecule has 2 aromatic rings. The lowest BCUT2D eigenvalue weighted by atomic mass is 10.2.